The molecule has 1 aliphatic rings. The highest BCUT2D eigenvalue weighted by atomic mass is 16.5. The lowest BCUT2D eigenvalue weighted by Gasteiger charge is -2.20. The third-order valence-electron chi connectivity index (χ3n) is 4.11. The Hall–Kier alpha value is -2.17. The minimum Gasteiger partial charge on any atom is -0.494 e. The van der Waals surface area contributed by atoms with E-state index in [0.717, 1.165) is 43.0 Å². The molecule has 1 N–H and O–H groups in total. The summed E-state index contributed by atoms with van der Waals surface area (Å²) in [7, 11) is 0. The minimum absolute atomic E-state index is 0.251. The van der Waals surface area contributed by atoms with E-state index < -0.39 is 0 Å². The van der Waals surface area contributed by atoms with Crippen LogP contribution < -0.4 is 10.1 Å². The van der Waals surface area contributed by atoms with Gasteiger partial charge in [0.2, 0.25) is 0 Å². The van der Waals surface area contributed by atoms with Crippen molar-refractivity contribution < 1.29 is 9.53 Å². The summed E-state index contributed by atoms with van der Waals surface area (Å²) in [4.78, 5) is 11.6. The lowest BCUT2D eigenvalue weighted by molar-refractivity contribution is -0.114. The van der Waals surface area contributed by atoms with E-state index in [2.05, 4.69) is 36.3 Å². The van der Waals surface area contributed by atoms with E-state index in [-0.39, 0.29) is 11.9 Å². The van der Waals surface area contributed by atoms with E-state index in [1.807, 2.05) is 24.3 Å². The molecule has 0 fully saturated rings. The van der Waals surface area contributed by atoms with E-state index in [1.54, 1.807) is 6.08 Å². The van der Waals surface area contributed by atoms with Gasteiger partial charge in [0.15, 0.2) is 0 Å². The van der Waals surface area contributed by atoms with Crippen LogP contribution in [-0.2, 0) is 4.79 Å². The largest absolute Gasteiger partial charge is 0.494 e. The maximum Gasteiger partial charge on any atom is 0.289 e. The number of azo groups is 1. The summed E-state index contributed by atoms with van der Waals surface area (Å²) in [5.74, 6) is 1.16. The van der Waals surface area contributed by atoms with Gasteiger partial charge in [-0.05, 0) is 36.5 Å². The Bertz CT molecular complexity index is 606. The van der Waals surface area contributed by atoms with Gasteiger partial charge in [-0.15, -0.1) is 5.11 Å². The summed E-state index contributed by atoms with van der Waals surface area (Å²) in [6.45, 7) is 8.10. The lowest BCUT2D eigenvalue weighted by atomic mass is 10.0. The first kappa shape index (κ1) is 19.2. The Morgan fingerprint density at radius 1 is 1.20 bits per heavy atom. The van der Waals surface area contributed by atoms with Crippen molar-refractivity contribution in [1.82, 2.24) is 5.32 Å². The van der Waals surface area contributed by atoms with Crippen LogP contribution in [0.25, 0.3) is 0 Å². The van der Waals surface area contributed by atoms with Gasteiger partial charge in [-0.3, -0.25) is 4.79 Å². The quantitative estimate of drug-likeness (QED) is 0.620. The van der Waals surface area contributed by atoms with Crippen LogP contribution in [0.1, 0.15) is 58.1 Å². The Labute approximate surface area is 150 Å². The predicted octanol–water partition coefficient (Wildman–Crippen LogP) is 4.81. The van der Waals surface area contributed by atoms with Crippen LogP contribution in [0.5, 0.6) is 5.75 Å². The zero-order valence-corrected chi connectivity index (χ0v) is 15.5. The fourth-order valence-corrected chi connectivity index (χ4v) is 2.61. The number of amides is 1. The summed E-state index contributed by atoms with van der Waals surface area (Å²) >= 11 is 0. The lowest BCUT2D eigenvalue weighted by Crippen LogP contribution is -2.23. The smallest absolute Gasteiger partial charge is 0.289 e. The molecule has 0 aromatic heterocycles. The molecule has 0 saturated heterocycles. The Morgan fingerprint density at radius 2 is 1.96 bits per heavy atom. The third kappa shape index (κ3) is 6.33. The zero-order valence-electron chi connectivity index (χ0n) is 15.5. The van der Waals surface area contributed by atoms with Crippen LogP contribution in [0.3, 0.4) is 0 Å². The number of benzene rings is 1. The van der Waals surface area contributed by atoms with Gasteiger partial charge in [0.05, 0.1) is 6.61 Å². The summed E-state index contributed by atoms with van der Waals surface area (Å²) in [5, 5.41) is 11.2. The Balaban J connectivity index is 1.98. The molecule has 1 atom stereocenters. The van der Waals surface area contributed by atoms with Crippen molar-refractivity contribution >= 4 is 5.91 Å². The number of nitrogens with zero attached hydrogens (tertiary/aromatic N) is 2. The van der Waals surface area contributed by atoms with E-state index in [1.165, 1.54) is 12.8 Å². The SMILES string of the molecule is CCCCCOc1ccc(C2N=NC(=O)C=C2NCCC(C)C)cc1. The fraction of sp³-hybridized carbons (Fsp3) is 0.550. The number of hydrogen-bond donors (Lipinski definition) is 1. The second kappa shape index (κ2) is 9.97. The third-order valence-corrected chi connectivity index (χ3v) is 4.11. The molecule has 0 radical (unpaired) electrons. The van der Waals surface area contributed by atoms with Crippen LogP contribution in [0.4, 0.5) is 0 Å². The average Bonchev–Trinajstić information content (AvgIpc) is 2.59. The van der Waals surface area contributed by atoms with Crippen molar-refractivity contribution in [3.63, 3.8) is 0 Å². The zero-order chi connectivity index (χ0) is 18.1. The van der Waals surface area contributed by atoms with E-state index in [0.29, 0.717) is 5.92 Å². The molecule has 25 heavy (non-hydrogen) atoms. The van der Waals surface area contributed by atoms with Crippen molar-refractivity contribution in [2.24, 2.45) is 16.1 Å². The molecule has 1 unspecified atom stereocenters. The van der Waals surface area contributed by atoms with Crippen LogP contribution >= 0.6 is 0 Å². The number of ether oxygens (including phenoxy) is 1. The molecule has 5 nitrogen and oxygen atoms in total. The number of carbonyl (C=O) groups is 1. The maximum atomic E-state index is 11.6. The van der Waals surface area contributed by atoms with Gasteiger partial charge in [-0.25, -0.2) is 0 Å². The molecule has 2 rings (SSSR count). The number of hydrogen-bond acceptors (Lipinski definition) is 4. The minimum atomic E-state index is -0.306. The summed E-state index contributed by atoms with van der Waals surface area (Å²) in [6.07, 6.45) is 6.04. The standard InChI is InChI=1S/C20H29N3O2/c1-4-5-6-13-25-17-9-7-16(8-10-17)20-18(14-19(24)22-23-20)21-12-11-15(2)3/h7-10,14-15,20-21H,4-6,11-13H2,1-3H3. The second-order valence-electron chi connectivity index (χ2n) is 6.79. The van der Waals surface area contributed by atoms with Gasteiger partial charge in [0, 0.05) is 18.3 Å². The number of rotatable bonds is 10. The van der Waals surface area contributed by atoms with Crippen molar-refractivity contribution in [2.45, 2.75) is 52.5 Å². The van der Waals surface area contributed by atoms with E-state index in [9.17, 15) is 4.79 Å². The van der Waals surface area contributed by atoms with Gasteiger partial charge >= 0.3 is 0 Å². The summed E-state index contributed by atoms with van der Waals surface area (Å²) < 4.78 is 5.75. The van der Waals surface area contributed by atoms with Gasteiger partial charge in [0.1, 0.15) is 11.8 Å². The van der Waals surface area contributed by atoms with Gasteiger partial charge in [0.25, 0.3) is 5.91 Å². The predicted molar refractivity (Wildman–Crippen MR) is 99.6 cm³/mol. The van der Waals surface area contributed by atoms with Crippen LogP contribution in [-0.4, -0.2) is 19.1 Å². The molecule has 0 aliphatic carbocycles. The first-order chi connectivity index (χ1) is 12.1. The number of unbranched alkanes of at least 4 members (excludes halogenated alkanes) is 2. The molecule has 0 bridgehead atoms. The normalized spacial score (nSPS) is 16.9. The highest BCUT2D eigenvalue weighted by Crippen LogP contribution is 2.29. The van der Waals surface area contributed by atoms with Gasteiger partial charge in [-0.1, -0.05) is 45.7 Å². The second-order valence-corrected chi connectivity index (χ2v) is 6.79. The van der Waals surface area contributed by atoms with Crippen LogP contribution in [0, 0.1) is 5.92 Å². The molecule has 1 aromatic rings. The van der Waals surface area contributed by atoms with Crippen molar-refractivity contribution in [2.75, 3.05) is 13.2 Å². The highest BCUT2D eigenvalue weighted by Gasteiger charge is 2.21. The van der Waals surface area contributed by atoms with E-state index >= 15 is 0 Å². The molecular formula is C20H29N3O2. The van der Waals surface area contributed by atoms with Gasteiger partial charge < -0.3 is 10.1 Å². The molecule has 1 amide bonds. The van der Waals surface area contributed by atoms with Gasteiger partial charge in [-0.2, -0.15) is 5.11 Å². The van der Waals surface area contributed by atoms with Crippen molar-refractivity contribution in [1.29, 1.82) is 0 Å². The first-order valence-electron chi connectivity index (χ1n) is 9.23. The monoisotopic (exact) mass is 343 g/mol. The van der Waals surface area contributed by atoms with Crippen LogP contribution in [0.2, 0.25) is 0 Å². The molecular weight excluding hydrogens is 314 g/mol. The molecule has 5 heteroatoms. The Morgan fingerprint density at radius 3 is 2.64 bits per heavy atom. The molecule has 0 spiro atoms. The van der Waals surface area contributed by atoms with Crippen molar-refractivity contribution in [3.05, 3.63) is 41.6 Å². The van der Waals surface area contributed by atoms with Crippen LogP contribution in [0.15, 0.2) is 46.3 Å². The molecule has 1 heterocycles. The summed E-state index contributed by atoms with van der Waals surface area (Å²) in [6, 6.07) is 7.65. The number of nitrogens with one attached hydrogen (secondary N) is 1. The molecule has 1 aromatic carbocycles. The highest BCUT2D eigenvalue weighted by molar-refractivity contribution is 5.89. The summed E-state index contributed by atoms with van der Waals surface area (Å²) in [5.41, 5.74) is 1.82. The average molecular weight is 343 g/mol. The molecule has 1 aliphatic heterocycles. The first-order valence-corrected chi connectivity index (χ1v) is 9.23. The topological polar surface area (TPSA) is 63.1 Å². The maximum absolute atomic E-state index is 11.6. The number of carbonyl (C=O) groups excluding carboxylic acids is 1. The van der Waals surface area contributed by atoms with Crippen molar-refractivity contribution in [3.8, 4) is 5.75 Å². The Kier molecular flexibility index (Phi) is 7.64. The van der Waals surface area contributed by atoms with E-state index in [4.69, 9.17) is 4.74 Å². The molecule has 136 valence electrons. The molecule has 0 saturated carbocycles. The fourth-order valence-electron chi connectivity index (χ4n) is 2.61.